The first-order chi connectivity index (χ1) is 14.0. The molecule has 8 nitrogen and oxygen atoms in total. The van der Waals surface area contributed by atoms with Gasteiger partial charge in [0.1, 0.15) is 5.69 Å². The van der Waals surface area contributed by atoms with Crippen molar-refractivity contribution in [2.24, 2.45) is 0 Å². The van der Waals surface area contributed by atoms with Gasteiger partial charge in [-0.15, -0.1) is 0 Å². The molecule has 0 aromatic heterocycles. The van der Waals surface area contributed by atoms with Gasteiger partial charge in [0.25, 0.3) is 11.6 Å². The number of nitrogens with one attached hydrogen (secondary N) is 2. The van der Waals surface area contributed by atoms with Crippen LogP contribution in [-0.2, 0) is 22.4 Å². The number of fused-ring (bicyclic) bond motifs is 1. The van der Waals surface area contributed by atoms with Gasteiger partial charge in [0.2, 0.25) is 0 Å². The number of hydrogen-bond acceptors (Lipinski definition) is 6. The van der Waals surface area contributed by atoms with E-state index >= 15 is 0 Å². The van der Waals surface area contributed by atoms with Gasteiger partial charge >= 0.3 is 5.97 Å². The normalized spacial score (nSPS) is 14.8. The number of nitrogens with zero attached hydrogens (tertiary/aromatic N) is 1. The third-order valence-electron chi connectivity index (χ3n) is 5.08. The average Bonchev–Trinajstić information content (AvgIpc) is 3.39. The predicted molar refractivity (Wildman–Crippen MR) is 107 cm³/mol. The average molecular weight is 395 g/mol. The Morgan fingerprint density at radius 1 is 1.10 bits per heavy atom. The standard InChI is InChI=1S/C21H21N3O5/c25-20(23-17-6-4-13-2-1-3-14(13)10-17)12-29-21(26)15-5-9-18(22-16-7-8-16)19(11-15)24(27)28/h4-6,9-11,16,22H,1-3,7-8,12H2,(H,23,25). The first-order valence-electron chi connectivity index (χ1n) is 9.63. The van der Waals surface area contributed by atoms with Gasteiger partial charge in [-0.25, -0.2) is 4.79 Å². The number of anilines is 2. The molecule has 0 radical (unpaired) electrons. The fourth-order valence-electron chi connectivity index (χ4n) is 3.44. The van der Waals surface area contributed by atoms with Crippen molar-refractivity contribution in [3.05, 3.63) is 63.2 Å². The van der Waals surface area contributed by atoms with Crippen LogP contribution in [0, 0.1) is 10.1 Å². The van der Waals surface area contributed by atoms with E-state index in [-0.39, 0.29) is 17.3 Å². The zero-order valence-electron chi connectivity index (χ0n) is 15.8. The molecule has 150 valence electrons. The second-order valence-corrected chi connectivity index (χ2v) is 7.37. The van der Waals surface area contributed by atoms with Crippen molar-refractivity contribution >= 4 is 28.9 Å². The Morgan fingerprint density at radius 3 is 2.66 bits per heavy atom. The van der Waals surface area contributed by atoms with Crippen molar-refractivity contribution in [2.45, 2.75) is 38.1 Å². The Labute approximate surface area is 167 Å². The van der Waals surface area contributed by atoms with E-state index in [0.29, 0.717) is 11.4 Å². The van der Waals surface area contributed by atoms with E-state index in [2.05, 4.69) is 10.6 Å². The molecule has 2 aliphatic carbocycles. The van der Waals surface area contributed by atoms with Crippen LogP contribution in [0.5, 0.6) is 0 Å². The number of nitro benzene ring substituents is 1. The number of benzene rings is 2. The summed E-state index contributed by atoms with van der Waals surface area (Å²) >= 11 is 0. The highest BCUT2D eigenvalue weighted by atomic mass is 16.6. The van der Waals surface area contributed by atoms with E-state index in [0.717, 1.165) is 32.1 Å². The van der Waals surface area contributed by atoms with Crippen molar-refractivity contribution in [1.29, 1.82) is 0 Å². The fourth-order valence-corrected chi connectivity index (χ4v) is 3.44. The van der Waals surface area contributed by atoms with Gasteiger partial charge in [0, 0.05) is 17.8 Å². The van der Waals surface area contributed by atoms with Crippen LogP contribution in [0.1, 0.15) is 40.7 Å². The van der Waals surface area contributed by atoms with Gasteiger partial charge in [0.05, 0.1) is 10.5 Å². The molecule has 0 spiro atoms. The van der Waals surface area contributed by atoms with Crippen molar-refractivity contribution in [3.63, 3.8) is 0 Å². The summed E-state index contributed by atoms with van der Waals surface area (Å²) in [6, 6.07) is 10.1. The van der Waals surface area contributed by atoms with Crippen LogP contribution in [0.2, 0.25) is 0 Å². The first-order valence-corrected chi connectivity index (χ1v) is 9.63. The monoisotopic (exact) mass is 395 g/mol. The number of carbonyl (C=O) groups excluding carboxylic acids is 2. The number of aryl methyl sites for hydroxylation is 2. The molecule has 0 unspecified atom stereocenters. The van der Waals surface area contributed by atoms with Gasteiger partial charge in [-0.2, -0.15) is 0 Å². The summed E-state index contributed by atoms with van der Waals surface area (Å²) in [4.78, 5) is 35.1. The number of rotatable bonds is 7. The zero-order chi connectivity index (χ0) is 20.4. The smallest absolute Gasteiger partial charge is 0.338 e. The molecule has 1 fully saturated rings. The Kier molecular flexibility index (Phi) is 5.16. The molecule has 8 heteroatoms. The van der Waals surface area contributed by atoms with Crippen molar-refractivity contribution in [2.75, 3.05) is 17.2 Å². The number of esters is 1. The molecule has 2 aromatic carbocycles. The maximum atomic E-state index is 12.2. The van der Waals surface area contributed by atoms with E-state index in [1.54, 1.807) is 0 Å². The molecule has 0 bridgehead atoms. The third-order valence-corrected chi connectivity index (χ3v) is 5.08. The largest absolute Gasteiger partial charge is 0.452 e. The Balaban J connectivity index is 1.35. The Hall–Kier alpha value is -3.42. The molecule has 1 amide bonds. The van der Waals surface area contributed by atoms with Gasteiger partial charge in [-0.3, -0.25) is 14.9 Å². The number of ether oxygens (including phenoxy) is 1. The van der Waals surface area contributed by atoms with Gasteiger partial charge < -0.3 is 15.4 Å². The van der Waals surface area contributed by atoms with Crippen molar-refractivity contribution in [3.8, 4) is 0 Å². The summed E-state index contributed by atoms with van der Waals surface area (Å²) in [7, 11) is 0. The summed E-state index contributed by atoms with van der Waals surface area (Å²) in [5.74, 6) is -1.24. The summed E-state index contributed by atoms with van der Waals surface area (Å²) in [5.41, 5.74) is 3.42. The van der Waals surface area contributed by atoms with Gasteiger partial charge in [0.15, 0.2) is 6.61 Å². The lowest BCUT2D eigenvalue weighted by Crippen LogP contribution is -2.21. The van der Waals surface area contributed by atoms with Gasteiger partial charge in [-0.1, -0.05) is 6.07 Å². The lowest BCUT2D eigenvalue weighted by Gasteiger charge is -2.09. The molecular formula is C21H21N3O5. The number of amides is 1. The first kappa shape index (κ1) is 18.9. The molecule has 0 atom stereocenters. The summed E-state index contributed by atoms with van der Waals surface area (Å²) in [6.07, 6.45) is 5.12. The summed E-state index contributed by atoms with van der Waals surface area (Å²) < 4.78 is 5.03. The lowest BCUT2D eigenvalue weighted by molar-refractivity contribution is -0.384. The Morgan fingerprint density at radius 2 is 1.90 bits per heavy atom. The van der Waals surface area contributed by atoms with E-state index < -0.39 is 23.4 Å². The van der Waals surface area contributed by atoms with Crippen LogP contribution in [0.25, 0.3) is 0 Å². The maximum absolute atomic E-state index is 12.2. The van der Waals surface area contributed by atoms with Crippen molar-refractivity contribution in [1.82, 2.24) is 0 Å². The van der Waals surface area contributed by atoms with Crippen LogP contribution >= 0.6 is 0 Å². The maximum Gasteiger partial charge on any atom is 0.338 e. The SMILES string of the molecule is O=C(COC(=O)c1ccc(NC2CC2)c([N+](=O)[O-])c1)Nc1ccc2c(c1)CCC2. The molecular weight excluding hydrogens is 374 g/mol. The molecule has 0 heterocycles. The zero-order valence-corrected chi connectivity index (χ0v) is 15.8. The van der Waals surface area contributed by atoms with E-state index in [1.165, 1.54) is 29.3 Å². The molecule has 2 aliphatic rings. The minimum atomic E-state index is -0.782. The van der Waals surface area contributed by atoms with Crippen LogP contribution in [0.15, 0.2) is 36.4 Å². The van der Waals surface area contributed by atoms with Gasteiger partial charge in [-0.05, 0) is 67.5 Å². The minimum Gasteiger partial charge on any atom is -0.452 e. The van der Waals surface area contributed by atoms with Crippen LogP contribution in [0.3, 0.4) is 0 Å². The predicted octanol–water partition coefficient (Wildman–Crippen LogP) is 3.45. The van der Waals surface area contributed by atoms with E-state index in [9.17, 15) is 19.7 Å². The van der Waals surface area contributed by atoms with Crippen molar-refractivity contribution < 1.29 is 19.2 Å². The van der Waals surface area contributed by atoms with Crippen LogP contribution < -0.4 is 10.6 Å². The molecule has 4 rings (SSSR count). The van der Waals surface area contributed by atoms with Crippen LogP contribution in [-0.4, -0.2) is 29.4 Å². The van der Waals surface area contributed by atoms with Crippen LogP contribution in [0.4, 0.5) is 17.1 Å². The molecule has 2 aromatic rings. The molecule has 0 saturated heterocycles. The molecule has 29 heavy (non-hydrogen) atoms. The third kappa shape index (κ3) is 4.53. The molecule has 1 saturated carbocycles. The summed E-state index contributed by atoms with van der Waals surface area (Å²) in [5, 5.41) is 17.1. The minimum absolute atomic E-state index is 0.0309. The topological polar surface area (TPSA) is 111 Å². The second-order valence-electron chi connectivity index (χ2n) is 7.37. The number of nitro groups is 1. The number of hydrogen-bond donors (Lipinski definition) is 2. The highest BCUT2D eigenvalue weighted by molar-refractivity contribution is 5.96. The highest BCUT2D eigenvalue weighted by Gasteiger charge is 2.26. The molecule has 0 aliphatic heterocycles. The quantitative estimate of drug-likeness (QED) is 0.422. The highest BCUT2D eigenvalue weighted by Crippen LogP contribution is 2.31. The fraction of sp³-hybridized carbons (Fsp3) is 0.333. The van der Waals surface area contributed by atoms with E-state index in [4.69, 9.17) is 4.74 Å². The number of carbonyl (C=O) groups is 2. The van der Waals surface area contributed by atoms with E-state index in [1.807, 2.05) is 18.2 Å². The summed E-state index contributed by atoms with van der Waals surface area (Å²) in [6.45, 7) is -0.466. The second kappa shape index (κ2) is 7.90. The lowest BCUT2D eigenvalue weighted by atomic mass is 10.1. The molecule has 2 N–H and O–H groups in total. The Bertz CT molecular complexity index is 984.